The van der Waals surface area contributed by atoms with Crippen LogP contribution in [0.4, 0.5) is 0 Å². The topological polar surface area (TPSA) is 43.4 Å². The molecule has 0 aromatic heterocycles. The standard InChI is InChI=1S/C11H18O3/c1-7-9(12)6-5-8(10(13)14-4)11(7,2)3/h7-8H,5-6H2,1-4H3/t7-,8+/m1/s1. The summed E-state index contributed by atoms with van der Waals surface area (Å²) in [4.78, 5) is 23.0. The highest BCUT2D eigenvalue weighted by molar-refractivity contribution is 5.85. The van der Waals surface area contributed by atoms with E-state index in [4.69, 9.17) is 4.74 Å². The van der Waals surface area contributed by atoms with Gasteiger partial charge in [0, 0.05) is 12.3 Å². The Morgan fingerprint density at radius 3 is 2.57 bits per heavy atom. The van der Waals surface area contributed by atoms with Crippen LogP contribution in [-0.4, -0.2) is 18.9 Å². The van der Waals surface area contributed by atoms with E-state index < -0.39 is 0 Å². The van der Waals surface area contributed by atoms with E-state index in [2.05, 4.69) is 0 Å². The monoisotopic (exact) mass is 198 g/mol. The van der Waals surface area contributed by atoms with Crippen molar-refractivity contribution in [2.75, 3.05) is 7.11 Å². The van der Waals surface area contributed by atoms with Crippen LogP contribution in [0.3, 0.4) is 0 Å². The Kier molecular flexibility index (Phi) is 2.98. The van der Waals surface area contributed by atoms with Crippen LogP contribution >= 0.6 is 0 Å². The van der Waals surface area contributed by atoms with Gasteiger partial charge in [0.1, 0.15) is 5.78 Å². The minimum absolute atomic E-state index is 0.0552. The number of ether oxygens (including phenoxy) is 1. The van der Waals surface area contributed by atoms with Crippen molar-refractivity contribution in [2.45, 2.75) is 33.6 Å². The van der Waals surface area contributed by atoms with Crippen molar-refractivity contribution in [3.05, 3.63) is 0 Å². The zero-order chi connectivity index (χ0) is 10.9. The Labute approximate surface area is 84.8 Å². The van der Waals surface area contributed by atoms with E-state index in [0.717, 1.165) is 0 Å². The van der Waals surface area contributed by atoms with Gasteiger partial charge in [-0.1, -0.05) is 20.8 Å². The molecule has 0 bridgehead atoms. The van der Waals surface area contributed by atoms with Gasteiger partial charge in [0.05, 0.1) is 13.0 Å². The van der Waals surface area contributed by atoms with E-state index in [9.17, 15) is 9.59 Å². The van der Waals surface area contributed by atoms with Gasteiger partial charge in [0.25, 0.3) is 0 Å². The number of ketones is 1. The molecule has 0 spiro atoms. The van der Waals surface area contributed by atoms with Crippen LogP contribution in [0.5, 0.6) is 0 Å². The second-order valence-corrected chi connectivity index (χ2v) is 4.62. The Hall–Kier alpha value is -0.860. The first kappa shape index (κ1) is 11.2. The maximum absolute atomic E-state index is 11.5. The van der Waals surface area contributed by atoms with Gasteiger partial charge >= 0.3 is 5.97 Å². The molecule has 1 saturated carbocycles. The molecule has 0 N–H and O–H groups in total. The molecule has 0 heterocycles. The van der Waals surface area contributed by atoms with Crippen LogP contribution in [0.2, 0.25) is 0 Å². The maximum atomic E-state index is 11.5. The summed E-state index contributed by atoms with van der Waals surface area (Å²) >= 11 is 0. The molecule has 14 heavy (non-hydrogen) atoms. The first-order chi connectivity index (χ1) is 6.41. The molecule has 0 unspecified atom stereocenters. The normalized spacial score (nSPS) is 31.3. The summed E-state index contributed by atoms with van der Waals surface area (Å²) in [5, 5.41) is 0. The Bertz CT molecular complexity index is 255. The summed E-state index contributed by atoms with van der Waals surface area (Å²) in [5.74, 6) is -0.120. The quantitative estimate of drug-likeness (QED) is 0.603. The van der Waals surface area contributed by atoms with Crippen LogP contribution in [0, 0.1) is 17.3 Å². The van der Waals surface area contributed by atoms with Crippen LogP contribution < -0.4 is 0 Å². The van der Waals surface area contributed by atoms with Gasteiger partial charge in [-0.25, -0.2) is 0 Å². The first-order valence-electron chi connectivity index (χ1n) is 5.01. The van der Waals surface area contributed by atoms with Crippen molar-refractivity contribution >= 4 is 11.8 Å². The molecule has 0 saturated heterocycles. The molecule has 80 valence electrons. The van der Waals surface area contributed by atoms with E-state index in [0.29, 0.717) is 12.8 Å². The van der Waals surface area contributed by atoms with Crippen molar-refractivity contribution in [1.29, 1.82) is 0 Å². The van der Waals surface area contributed by atoms with Crippen molar-refractivity contribution in [1.82, 2.24) is 0 Å². The van der Waals surface area contributed by atoms with Gasteiger partial charge < -0.3 is 4.74 Å². The fourth-order valence-electron chi connectivity index (χ4n) is 2.16. The number of rotatable bonds is 1. The second kappa shape index (κ2) is 3.71. The first-order valence-corrected chi connectivity index (χ1v) is 5.01. The fourth-order valence-corrected chi connectivity index (χ4v) is 2.16. The van der Waals surface area contributed by atoms with E-state index in [1.165, 1.54) is 7.11 Å². The van der Waals surface area contributed by atoms with Crippen molar-refractivity contribution in [3.8, 4) is 0 Å². The van der Waals surface area contributed by atoms with Crippen LogP contribution in [0.1, 0.15) is 33.6 Å². The smallest absolute Gasteiger partial charge is 0.309 e. The second-order valence-electron chi connectivity index (χ2n) is 4.62. The highest BCUT2D eigenvalue weighted by atomic mass is 16.5. The molecule has 0 aromatic rings. The molecular weight excluding hydrogens is 180 g/mol. The SMILES string of the molecule is COC(=O)[C@@H]1CCC(=O)[C@@H](C)C1(C)C. The Morgan fingerprint density at radius 2 is 2.07 bits per heavy atom. The molecule has 3 nitrogen and oxygen atoms in total. The summed E-state index contributed by atoms with van der Waals surface area (Å²) in [7, 11) is 1.40. The Balaban J connectivity index is 2.89. The molecule has 1 fully saturated rings. The summed E-state index contributed by atoms with van der Waals surface area (Å²) in [6, 6.07) is 0. The summed E-state index contributed by atoms with van der Waals surface area (Å²) < 4.78 is 4.76. The van der Waals surface area contributed by atoms with E-state index in [-0.39, 0.29) is 29.0 Å². The van der Waals surface area contributed by atoms with Gasteiger partial charge in [-0.3, -0.25) is 9.59 Å². The fraction of sp³-hybridized carbons (Fsp3) is 0.818. The van der Waals surface area contributed by atoms with Crippen molar-refractivity contribution in [3.63, 3.8) is 0 Å². The average molecular weight is 198 g/mol. The lowest BCUT2D eigenvalue weighted by molar-refractivity contribution is -0.155. The van der Waals surface area contributed by atoms with E-state index in [1.807, 2.05) is 20.8 Å². The summed E-state index contributed by atoms with van der Waals surface area (Å²) in [6.07, 6.45) is 1.13. The highest BCUT2D eigenvalue weighted by Crippen LogP contribution is 2.43. The third-order valence-electron chi connectivity index (χ3n) is 3.66. The molecular formula is C11H18O3. The zero-order valence-corrected chi connectivity index (χ0v) is 9.29. The number of Topliss-reactive ketones (excluding diaryl/α,β-unsaturated/α-hetero) is 1. The predicted molar refractivity (Wildman–Crippen MR) is 52.7 cm³/mol. The molecule has 2 atom stereocenters. The number of hydrogen-bond acceptors (Lipinski definition) is 3. The van der Waals surface area contributed by atoms with Gasteiger partial charge in [0.2, 0.25) is 0 Å². The van der Waals surface area contributed by atoms with Crippen LogP contribution in [0.25, 0.3) is 0 Å². The lowest BCUT2D eigenvalue weighted by Crippen LogP contribution is -2.44. The third-order valence-corrected chi connectivity index (χ3v) is 3.66. The number of esters is 1. The van der Waals surface area contributed by atoms with E-state index >= 15 is 0 Å². The van der Waals surface area contributed by atoms with Crippen LogP contribution in [0.15, 0.2) is 0 Å². The average Bonchev–Trinajstić information content (AvgIpc) is 2.13. The predicted octanol–water partition coefficient (Wildman–Crippen LogP) is 1.80. The maximum Gasteiger partial charge on any atom is 0.309 e. The number of carbonyl (C=O) groups excluding carboxylic acids is 2. The van der Waals surface area contributed by atoms with Crippen molar-refractivity contribution < 1.29 is 14.3 Å². The van der Waals surface area contributed by atoms with Crippen molar-refractivity contribution in [2.24, 2.45) is 17.3 Å². The van der Waals surface area contributed by atoms with Gasteiger partial charge in [-0.05, 0) is 11.8 Å². The molecule has 1 aliphatic rings. The van der Waals surface area contributed by atoms with Gasteiger partial charge in [-0.15, -0.1) is 0 Å². The lowest BCUT2D eigenvalue weighted by atomic mass is 9.62. The number of hydrogen-bond donors (Lipinski definition) is 0. The number of methoxy groups -OCH3 is 1. The molecule has 1 aliphatic carbocycles. The molecule has 0 amide bonds. The minimum atomic E-state index is -0.275. The largest absolute Gasteiger partial charge is 0.469 e. The van der Waals surface area contributed by atoms with Crippen LogP contribution in [-0.2, 0) is 14.3 Å². The minimum Gasteiger partial charge on any atom is -0.469 e. The third kappa shape index (κ3) is 1.68. The Morgan fingerprint density at radius 1 is 1.50 bits per heavy atom. The van der Waals surface area contributed by atoms with E-state index in [1.54, 1.807) is 0 Å². The lowest BCUT2D eigenvalue weighted by Gasteiger charge is -2.40. The highest BCUT2D eigenvalue weighted by Gasteiger charge is 2.46. The molecule has 1 rings (SSSR count). The summed E-state index contributed by atoms with van der Waals surface area (Å²) in [6.45, 7) is 5.84. The zero-order valence-electron chi connectivity index (χ0n) is 9.29. The molecule has 0 aromatic carbocycles. The number of carbonyl (C=O) groups is 2. The van der Waals surface area contributed by atoms with Gasteiger partial charge in [-0.2, -0.15) is 0 Å². The molecule has 3 heteroatoms. The molecule has 0 radical (unpaired) electrons. The van der Waals surface area contributed by atoms with Gasteiger partial charge in [0.15, 0.2) is 0 Å². The molecule has 0 aliphatic heterocycles. The summed E-state index contributed by atoms with van der Waals surface area (Å²) in [5.41, 5.74) is -0.275.